The van der Waals surface area contributed by atoms with Crippen LogP contribution in [0.25, 0.3) is 0 Å². The van der Waals surface area contributed by atoms with E-state index >= 15 is 0 Å². The van der Waals surface area contributed by atoms with Crippen molar-refractivity contribution in [2.75, 3.05) is 5.32 Å². The number of hydrogen-bond donors (Lipinski definition) is 3. The summed E-state index contributed by atoms with van der Waals surface area (Å²) < 4.78 is 13.0. The normalized spacial score (nSPS) is 10.2. The Balaban J connectivity index is 2.31. The van der Waals surface area contributed by atoms with Crippen molar-refractivity contribution in [3.63, 3.8) is 0 Å². The second-order valence-electron chi connectivity index (χ2n) is 3.75. The lowest BCUT2D eigenvalue weighted by Crippen LogP contribution is -2.12. The molecular formula is C13H9ClFNO3. The number of para-hydroxylation sites is 1. The fourth-order valence-corrected chi connectivity index (χ4v) is 1.66. The van der Waals surface area contributed by atoms with Gasteiger partial charge in [0, 0.05) is 0 Å². The number of benzene rings is 2. The fourth-order valence-electron chi connectivity index (χ4n) is 1.50. The lowest BCUT2D eigenvalue weighted by molar-refractivity contribution is 0.102. The largest absolute Gasteiger partial charge is 0.504 e. The van der Waals surface area contributed by atoms with Crippen molar-refractivity contribution < 1.29 is 19.4 Å². The van der Waals surface area contributed by atoms with Gasteiger partial charge in [0.15, 0.2) is 11.5 Å². The minimum Gasteiger partial charge on any atom is -0.504 e. The summed E-state index contributed by atoms with van der Waals surface area (Å²) in [5, 5.41) is 21.4. The van der Waals surface area contributed by atoms with Gasteiger partial charge in [-0.25, -0.2) is 4.39 Å². The van der Waals surface area contributed by atoms with Gasteiger partial charge in [0.2, 0.25) is 0 Å². The highest BCUT2D eigenvalue weighted by atomic mass is 35.5. The third-order valence-corrected chi connectivity index (χ3v) is 2.77. The SMILES string of the molecule is O=C(Nc1cc(F)ccc1Cl)c1cccc(O)c1O. The first-order valence-corrected chi connectivity index (χ1v) is 5.64. The molecule has 0 aromatic heterocycles. The van der Waals surface area contributed by atoms with E-state index in [4.69, 9.17) is 11.6 Å². The summed E-state index contributed by atoms with van der Waals surface area (Å²) in [6, 6.07) is 7.47. The van der Waals surface area contributed by atoms with Crippen LogP contribution in [0.2, 0.25) is 5.02 Å². The van der Waals surface area contributed by atoms with Crippen molar-refractivity contribution >= 4 is 23.2 Å². The molecule has 0 fully saturated rings. The average Bonchev–Trinajstić information content (AvgIpc) is 2.37. The van der Waals surface area contributed by atoms with Crippen LogP contribution in [0.4, 0.5) is 10.1 Å². The molecule has 3 N–H and O–H groups in total. The molecule has 2 rings (SSSR count). The number of phenols is 2. The van der Waals surface area contributed by atoms with Crippen molar-refractivity contribution in [1.82, 2.24) is 0 Å². The van der Waals surface area contributed by atoms with Crippen molar-refractivity contribution in [2.24, 2.45) is 0 Å². The number of amides is 1. The topological polar surface area (TPSA) is 69.6 Å². The molecule has 0 unspecified atom stereocenters. The molecule has 0 radical (unpaired) electrons. The Labute approximate surface area is 113 Å². The van der Waals surface area contributed by atoms with Crippen molar-refractivity contribution in [1.29, 1.82) is 0 Å². The third-order valence-electron chi connectivity index (χ3n) is 2.44. The molecule has 6 heteroatoms. The lowest BCUT2D eigenvalue weighted by Gasteiger charge is -2.09. The Morgan fingerprint density at radius 2 is 1.95 bits per heavy atom. The molecule has 1 amide bonds. The molecule has 0 spiro atoms. The summed E-state index contributed by atoms with van der Waals surface area (Å²) in [6.45, 7) is 0. The van der Waals surface area contributed by atoms with E-state index in [9.17, 15) is 19.4 Å². The lowest BCUT2D eigenvalue weighted by atomic mass is 10.1. The molecule has 0 aliphatic carbocycles. The van der Waals surface area contributed by atoms with E-state index in [2.05, 4.69) is 5.32 Å². The number of carbonyl (C=O) groups is 1. The second-order valence-corrected chi connectivity index (χ2v) is 4.16. The van der Waals surface area contributed by atoms with Crippen LogP contribution in [0.3, 0.4) is 0 Å². The zero-order chi connectivity index (χ0) is 14.0. The van der Waals surface area contributed by atoms with E-state index in [-0.39, 0.29) is 16.3 Å². The van der Waals surface area contributed by atoms with Gasteiger partial charge in [-0.1, -0.05) is 17.7 Å². The van der Waals surface area contributed by atoms with Gasteiger partial charge in [-0.15, -0.1) is 0 Å². The van der Waals surface area contributed by atoms with Crippen LogP contribution < -0.4 is 5.32 Å². The van der Waals surface area contributed by atoms with Crippen molar-refractivity contribution in [3.8, 4) is 11.5 Å². The molecule has 0 aliphatic heterocycles. The van der Waals surface area contributed by atoms with Gasteiger partial charge in [0.05, 0.1) is 16.3 Å². The minimum atomic E-state index is -0.707. The molecule has 0 aliphatic rings. The van der Waals surface area contributed by atoms with Crippen LogP contribution in [0.15, 0.2) is 36.4 Å². The summed E-state index contributed by atoms with van der Waals surface area (Å²) in [5.74, 6) is -2.23. The van der Waals surface area contributed by atoms with Gasteiger partial charge < -0.3 is 15.5 Å². The maximum Gasteiger partial charge on any atom is 0.259 e. The highest BCUT2D eigenvalue weighted by Crippen LogP contribution is 2.30. The molecule has 0 heterocycles. The van der Waals surface area contributed by atoms with Gasteiger partial charge in [0.1, 0.15) is 5.82 Å². The van der Waals surface area contributed by atoms with Crippen molar-refractivity contribution in [2.45, 2.75) is 0 Å². The van der Waals surface area contributed by atoms with E-state index < -0.39 is 23.2 Å². The third kappa shape index (κ3) is 2.77. The zero-order valence-corrected chi connectivity index (χ0v) is 10.3. The number of nitrogens with one attached hydrogen (secondary N) is 1. The highest BCUT2D eigenvalue weighted by Gasteiger charge is 2.15. The second kappa shape index (κ2) is 5.16. The first kappa shape index (κ1) is 13.2. The van der Waals surface area contributed by atoms with Crippen LogP contribution in [0, 0.1) is 5.82 Å². The molecule has 4 nitrogen and oxygen atoms in total. The minimum absolute atomic E-state index is 0.0782. The van der Waals surface area contributed by atoms with Gasteiger partial charge in [-0.05, 0) is 30.3 Å². The Morgan fingerprint density at radius 1 is 1.21 bits per heavy atom. The van der Waals surface area contributed by atoms with E-state index in [0.29, 0.717) is 0 Å². The zero-order valence-electron chi connectivity index (χ0n) is 9.52. The van der Waals surface area contributed by atoms with Gasteiger partial charge in [0.25, 0.3) is 5.91 Å². The van der Waals surface area contributed by atoms with E-state index in [0.717, 1.165) is 12.1 Å². The van der Waals surface area contributed by atoms with Crippen molar-refractivity contribution in [3.05, 3.63) is 52.8 Å². The number of aromatic hydroxyl groups is 2. The molecule has 98 valence electrons. The Morgan fingerprint density at radius 3 is 2.68 bits per heavy atom. The molecule has 0 saturated carbocycles. The number of rotatable bonds is 2. The summed E-state index contributed by atoms with van der Waals surface area (Å²) in [5.41, 5.74) is -0.0604. The summed E-state index contributed by atoms with van der Waals surface area (Å²) in [6.07, 6.45) is 0. The van der Waals surface area contributed by atoms with Gasteiger partial charge in [-0.3, -0.25) is 4.79 Å². The first-order chi connectivity index (χ1) is 8.99. The molecule has 0 bridgehead atoms. The predicted molar refractivity (Wildman–Crippen MR) is 69.1 cm³/mol. The number of anilines is 1. The Bertz CT molecular complexity index is 646. The van der Waals surface area contributed by atoms with Gasteiger partial charge >= 0.3 is 0 Å². The van der Waals surface area contributed by atoms with E-state index in [1.807, 2.05) is 0 Å². The highest BCUT2D eigenvalue weighted by molar-refractivity contribution is 6.34. The summed E-state index contributed by atoms with van der Waals surface area (Å²) in [4.78, 5) is 11.9. The van der Waals surface area contributed by atoms with Crippen LogP contribution in [-0.4, -0.2) is 16.1 Å². The summed E-state index contributed by atoms with van der Waals surface area (Å²) >= 11 is 5.81. The summed E-state index contributed by atoms with van der Waals surface area (Å²) in [7, 11) is 0. The van der Waals surface area contributed by atoms with Gasteiger partial charge in [-0.2, -0.15) is 0 Å². The molecular weight excluding hydrogens is 273 g/mol. The standard InChI is InChI=1S/C13H9ClFNO3/c14-9-5-4-7(15)6-10(9)16-13(19)8-2-1-3-11(17)12(8)18/h1-6,17-18H,(H,16,19). The Kier molecular flexibility index (Phi) is 3.57. The van der Waals surface area contributed by atoms with Crippen LogP contribution in [-0.2, 0) is 0 Å². The molecule has 2 aromatic rings. The first-order valence-electron chi connectivity index (χ1n) is 5.26. The number of phenolic OH excluding ortho intramolecular Hbond substituents is 2. The maximum atomic E-state index is 13.0. The smallest absolute Gasteiger partial charge is 0.259 e. The average molecular weight is 282 g/mol. The predicted octanol–water partition coefficient (Wildman–Crippen LogP) is 3.14. The van der Waals surface area contributed by atoms with Crippen LogP contribution in [0.1, 0.15) is 10.4 Å². The van der Waals surface area contributed by atoms with E-state index in [1.54, 1.807) is 0 Å². The quantitative estimate of drug-likeness (QED) is 0.741. The van der Waals surface area contributed by atoms with E-state index in [1.165, 1.54) is 24.3 Å². The molecule has 0 atom stereocenters. The molecule has 19 heavy (non-hydrogen) atoms. The monoisotopic (exact) mass is 281 g/mol. The van der Waals surface area contributed by atoms with Crippen LogP contribution >= 0.6 is 11.6 Å². The number of carbonyl (C=O) groups excluding carboxylic acids is 1. The molecule has 2 aromatic carbocycles. The maximum absolute atomic E-state index is 13.0. The Hall–Kier alpha value is -2.27. The number of hydrogen-bond acceptors (Lipinski definition) is 3. The molecule has 0 saturated heterocycles. The fraction of sp³-hybridized carbons (Fsp3) is 0. The van der Waals surface area contributed by atoms with Crippen LogP contribution in [0.5, 0.6) is 11.5 Å². The number of halogens is 2.